The Morgan fingerprint density at radius 2 is 2.06 bits per heavy atom. The number of β-lactam (4-membered cyclic amide) rings is 1. The molecule has 2 aromatic heterocycles. The lowest BCUT2D eigenvalue weighted by Gasteiger charge is -2.47. The molecule has 4 rings (SSSR count). The van der Waals surface area contributed by atoms with Crippen molar-refractivity contribution in [2.45, 2.75) is 18.0 Å². The quantitative estimate of drug-likeness (QED) is 0.135. The summed E-state index contributed by atoms with van der Waals surface area (Å²) in [6, 6.07) is 2.15. The number of rotatable bonds is 9. The Morgan fingerprint density at radius 1 is 1.31 bits per heavy atom. The molecule has 182 valence electrons. The van der Waals surface area contributed by atoms with Gasteiger partial charge < -0.3 is 31.0 Å². The van der Waals surface area contributed by atoms with E-state index in [2.05, 4.69) is 24.7 Å². The number of aliphatic carboxylic acids is 1. The molecule has 5 N–H and O–H groups in total. The molecule has 1 fully saturated rings. The van der Waals surface area contributed by atoms with Gasteiger partial charge in [0.25, 0.3) is 11.8 Å². The fraction of sp³-hybridized carbons (Fsp3) is 0.263. The number of carbonyl (C=O) groups is 4. The van der Waals surface area contributed by atoms with E-state index in [-0.39, 0.29) is 27.8 Å². The zero-order valence-corrected chi connectivity index (χ0v) is 19.4. The van der Waals surface area contributed by atoms with Crippen molar-refractivity contribution in [3.05, 3.63) is 47.7 Å². The second kappa shape index (κ2) is 10.1. The smallest absolute Gasteiger partial charge is 0.344 e. The van der Waals surface area contributed by atoms with E-state index in [4.69, 9.17) is 15.9 Å². The minimum Gasteiger partial charge on any atom is -0.479 e. The van der Waals surface area contributed by atoms with Crippen LogP contribution in [0.1, 0.15) is 16.2 Å². The molecule has 0 spiro atoms. The van der Waals surface area contributed by atoms with Crippen LogP contribution < -0.4 is 15.6 Å². The van der Waals surface area contributed by atoms with Gasteiger partial charge in [0.05, 0.1) is 5.56 Å². The van der Waals surface area contributed by atoms with Gasteiger partial charge in [-0.15, -0.1) is 11.8 Å². The van der Waals surface area contributed by atoms with Crippen LogP contribution >= 0.6 is 23.3 Å². The van der Waals surface area contributed by atoms with E-state index in [0.717, 1.165) is 17.1 Å². The number of nitrogens with one attached hydrogen (secondary N) is 1. The summed E-state index contributed by atoms with van der Waals surface area (Å²) in [5.74, 6) is -3.01. The molecule has 2 aliphatic rings. The number of nitrogen functional groups attached to an aromatic ring is 1. The zero-order chi connectivity index (χ0) is 25.1. The third kappa shape index (κ3) is 5.38. The van der Waals surface area contributed by atoms with Gasteiger partial charge in [-0.1, -0.05) is 5.16 Å². The van der Waals surface area contributed by atoms with Gasteiger partial charge in [-0.25, -0.2) is 14.2 Å². The van der Waals surface area contributed by atoms with Gasteiger partial charge in [-0.3, -0.25) is 9.59 Å². The van der Waals surface area contributed by atoms with Crippen LogP contribution in [0.15, 0.2) is 41.5 Å². The number of oxime groups is 1. The largest absolute Gasteiger partial charge is 0.479 e. The maximum Gasteiger partial charge on any atom is 0.344 e. The van der Waals surface area contributed by atoms with E-state index in [1.807, 2.05) is 0 Å². The van der Waals surface area contributed by atoms with Crippen LogP contribution in [-0.2, 0) is 25.8 Å². The average molecular weight is 521 g/mol. The van der Waals surface area contributed by atoms with Gasteiger partial charge in [-0.05, 0) is 0 Å². The molecule has 1 saturated heterocycles. The second-order valence-corrected chi connectivity index (χ2v) is 9.20. The zero-order valence-electron chi connectivity index (χ0n) is 17.7. The van der Waals surface area contributed by atoms with Gasteiger partial charge >= 0.3 is 11.9 Å². The highest BCUT2D eigenvalue weighted by molar-refractivity contribution is 8.00. The van der Waals surface area contributed by atoms with E-state index in [9.17, 15) is 19.2 Å². The molecule has 0 bridgehead atoms. The number of aromatic carboxylic acids is 1. The number of fused-ring (bicyclic) bond motifs is 1. The molecule has 0 radical (unpaired) electrons. The summed E-state index contributed by atoms with van der Waals surface area (Å²) in [6.45, 7) is -0.315. The SMILES string of the molecule is Nc1nc(/C(=N/OCC(=O)O)C(=O)NC2C(=O)N3C=C(C[n+]4ccc(C(=O)O)cc4)CS[C@H]23)ns1. The number of carboxylic acids is 2. The van der Waals surface area contributed by atoms with Crippen molar-refractivity contribution in [1.29, 1.82) is 0 Å². The fourth-order valence-corrected chi connectivity index (χ4v) is 4.95. The van der Waals surface area contributed by atoms with Crippen molar-refractivity contribution < 1.29 is 38.8 Å². The Hall–Kier alpha value is -4.05. The standard InChI is InChI=1S/C19H17N7O7S2/c20-19-22-14(24-35-19)12(23-33-7-11(27)28)15(29)21-13-16(30)26-6-9(8-34-17(13)26)5-25-3-1-10(2-4-25)18(31)32/h1-4,6,13,17H,5,7-8H2,(H4-,20,21,22,24,27,28,29,31,32)/p+1/b23-12-/t13?,17-/m1/s1. The molecule has 16 heteroatoms. The van der Waals surface area contributed by atoms with Gasteiger partial charge in [0.2, 0.25) is 18.1 Å². The van der Waals surface area contributed by atoms with Crippen molar-refractivity contribution in [2.24, 2.45) is 5.16 Å². The summed E-state index contributed by atoms with van der Waals surface area (Å²) in [4.78, 5) is 57.2. The average Bonchev–Trinajstić information content (AvgIpc) is 3.26. The number of hydrogen-bond acceptors (Lipinski definition) is 11. The predicted molar refractivity (Wildman–Crippen MR) is 121 cm³/mol. The first-order chi connectivity index (χ1) is 16.7. The van der Waals surface area contributed by atoms with Gasteiger partial charge in [-0.2, -0.15) is 9.36 Å². The third-order valence-electron chi connectivity index (χ3n) is 4.86. The van der Waals surface area contributed by atoms with Crippen LogP contribution in [0.3, 0.4) is 0 Å². The van der Waals surface area contributed by atoms with Crippen molar-refractivity contribution in [2.75, 3.05) is 18.1 Å². The van der Waals surface area contributed by atoms with Crippen LogP contribution in [0.4, 0.5) is 5.13 Å². The summed E-state index contributed by atoms with van der Waals surface area (Å²) >= 11 is 2.27. The van der Waals surface area contributed by atoms with Crippen molar-refractivity contribution >= 4 is 57.9 Å². The molecule has 2 aromatic rings. The Bertz CT molecular complexity index is 1240. The number of carbonyl (C=O) groups excluding carboxylic acids is 2. The maximum absolute atomic E-state index is 12.8. The Morgan fingerprint density at radius 3 is 2.69 bits per heavy atom. The molecule has 1 unspecified atom stereocenters. The number of hydrogen-bond donors (Lipinski definition) is 4. The molecule has 14 nitrogen and oxygen atoms in total. The van der Waals surface area contributed by atoms with Crippen molar-refractivity contribution in [1.82, 2.24) is 19.6 Å². The van der Waals surface area contributed by atoms with Crippen LogP contribution in [0.25, 0.3) is 0 Å². The number of pyridine rings is 1. The van der Waals surface area contributed by atoms with Crippen molar-refractivity contribution in [3.63, 3.8) is 0 Å². The van der Waals surface area contributed by atoms with E-state index < -0.39 is 36.2 Å². The van der Waals surface area contributed by atoms with Crippen LogP contribution in [-0.4, -0.2) is 77.7 Å². The first kappa shape index (κ1) is 24.1. The molecule has 0 aromatic carbocycles. The lowest BCUT2D eigenvalue weighted by Crippen LogP contribution is -2.69. The van der Waals surface area contributed by atoms with Crippen molar-refractivity contribution in [3.8, 4) is 0 Å². The number of carboxylic acid groups (broad SMARTS) is 2. The van der Waals surface area contributed by atoms with Gasteiger partial charge in [0, 0.05) is 41.2 Å². The van der Waals surface area contributed by atoms with Gasteiger partial charge in [0.1, 0.15) is 11.4 Å². The first-order valence-electron chi connectivity index (χ1n) is 9.91. The highest BCUT2D eigenvalue weighted by atomic mass is 32.2. The summed E-state index contributed by atoms with van der Waals surface area (Å²) in [5, 5.41) is 23.6. The van der Waals surface area contributed by atoms with E-state index in [1.165, 1.54) is 28.8 Å². The monoisotopic (exact) mass is 520 g/mol. The summed E-state index contributed by atoms with van der Waals surface area (Å²) in [5.41, 5.74) is 6.27. The molecular formula is C19H18N7O7S2+. The minimum atomic E-state index is -1.29. The van der Waals surface area contributed by atoms with Gasteiger partial charge in [0.15, 0.2) is 24.1 Å². The number of amides is 2. The summed E-state index contributed by atoms with van der Waals surface area (Å²) in [6.07, 6.45) is 5.01. The normalized spacial score (nSPS) is 19.3. The third-order valence-corrected chi connectivity index (χ3v) is 6.78. The molecular weight excluding hydrogens is 502 g/mol. The molecule has 0 saturated carbocycles. The molecule has 4 heterocycles. The lowest BCUT2D eigenvalue weighted by atomic mass is 10.1. The lowest BCUT2D eigenvalue weighted by molar-refractivity contribution is -0.689. The first-order valence-corrected chi connectivity index (χ1v) is 11.7. The van der Waals surface area contributed by atoms with Crippen LogP contribution in [0, 0.1) is 0 Å². The number of nitrogens with zero attached hydrogens (tertiary/aromatic N) is 5. The molecule has 2 aliphatic heterocycles. The fourth-order valence-electron chi connectivity index (χ4n) is 3.26. The van der Waals surface area contributed by atoms with Crippen LogP contribution in [0.2, 0.25) is 0 Å². The number of anilines is 1. The topological polar surface area (TPSA) is 201 Å². The molecule has 0 aliphatic carbocycles. The predicted octanol–water partition coefficient (Wildman–Crippen LogP) is -1.10. The molecule has 2 atom stereocenters. The summed E-state index contributed by atoms with van der Waals surface area (Å²) < 4.78 is 5.69. The number of thioether (sulfide) groups is 1. The highest BCUT2D eigenvalue weighted by Crippen LogP contribution is 2.36. The minimum absolute atomic E-state index is 0.0700. The number of nitrogens with two attached hydrogens (primary N) is 1. The Balaban J connectivity index is 1.41. The Kier molecular flexibility index (Phi) is 6.92. The van der Waals surface area contributed by atoms with Crippen LogP contribution in [0.5, 0.6) is 0 Å². The summed E-state index contributed by atoms with van der Waals surface area (Å²) in [7, 11) is 0. The van der Waals surface area contributed by atoms with E-state index >= 15 is 0 Å². The molecule has 2 amide bonds. The Labute approximate surface area is 205 Å². The maximum atomic E-state index is 12.8. The van der Waals surface area contributed by atoms with E-state index in [0.29, 0.717) is 12.3 Å². The second-order valence-electron chi connectivity index (χ2n) is 7.31. The highest BCUT2D eigenvalue weighted by Gasteiger charge is 2.50. The van der Waals surface area contributed by atoms with E-state index in [1.54, 1.807) is 23.2 Å². The molecule has 35 heavy (non-hydrogen) atoms. The number of aromatic nitrogens is 3.